The molecule has 2 amide bonds. The third kappa shape index (κ3) is 5.20. The second-order valence-corrected chi connectivity index (χ2v) is 7.43. The number of carbonyl (C=O) groups is 3. The van der Waals surface area contributed by atoms with Gasteiger partial charge in [0.25, 0.3) is 5.91 Å². The molecule has 4 N–H and O–H groups in total. The molecule has 0 spiro atoms. The summed E-state index contributed by atoms with van der Waals surface area (Å²) in [6, 6.07) is 5.62. The molecular formula is C21H23FN6O5. The number of amides is 2. The molecule has 1 aliphatic heterocycles. The van der Waals surface area contributed by atoms with Gasteiger partial charge in [-0.1, -0.05) is 0 Å². The summed E-state index contributed by atoms with van der Waals surface area (Å²) in [5.74, 6) is -2.53. The quantitative estimate of drug-likeness (QED) is 0.532. The van der Waals surface area contributed by atoms with Gasteiger partial charge in [-0.05, 0) is 37.6 Å². The van der Waals surface area contributed by atoms with Crippen LogP contribution in [-0.2, 0) is 9.53 Å². The van der Waals surface area contributed by atoms with E-state index in [1.54, 1.807) is 6.92 Å². The summed E-state index contributed by atoms with van der Waals surface area (Å²) in [5, 5.41) is 26.7. The minimum absolute atomic E-state index is 0.0154. The number of hydrogen-bond donors (Lipinski definition) is 3. The molecule has 1 aromatic heterocycles. The van der Waals surface area contributed by atoms with Crippen LogP contribution in [0.5, 0.6) is 0 Å². The molecule has 174 valence electrons. The molecule has 12 heteroatoms. The number of nitrogens with zero attached hydrogens (tertiary/aromatic N) is 4. The first-order valence-corrected chi connectivity index (χ1v) is 10.2. The van der Waals surface area contributed by atoms with Gasteiger partial charge in [0.2, 0.25) is 0 Å². The summed E-state index contributed by atoms with van der Waals surface area (Å²) in [5.41, 5.74) is 5.91. The van der Waals surface area contributed by atoms with Crippen molar-refractivity contribution in [2.75, 3.05) is 18.5 Å². The van der Waals surface area contributed by atoms with Gasteiger partial charge in [-0.2, -0.15) is 10.4 Å². The number of aromatic nitrogens is 2. The highest BCUT2D eigenvalue weighted by atomic mass is 19.1. The number of primary amides is 1. The van der Waals surface area contributed by atoms with E-state index in [2.05, 4.69) is 16.5 Å². The average molecular weight is 458 g/mol. The van der Waals surface area contributed by atoms with E-state index < -0.39 is 41.8 Å². The van der Waals surface area contributed by atoms with Crippen LogP contribution in [0.1, 0.15) is 36.2 Å². The fraction of sp³-hybridized carbons (Fsp3) is 0.381. The molecule has 1 saturated heterocycles. The van der Waals surface area contributed by atoms with Crippen LogP contribution in [-0.4, -0.2) is 57.0 Å². The monoisotopic (exact) mass is 458 g/mol. The molecule has 1 fully saturated rings. The van der Waals surface area contributed by atoms with Crippen LogP contribution < -0.4 is 11.1 Å². The largest absolute Gasteiger partial charge is 0.466 e. The highest BCUT2D eigenvalue weighted by molar-refractivity contribution is 5.98. The number of likely N-dealkylation sites (tertiary alicyclic amines) is 1. The van der Waals surface area contributed by atoms with Crippen molar-refractivity contribution in [1.82, 2.24) is 14.7 Å². The van der Waals surface area contributed by atoms with Crippen LogP contribution in [0.2, 0.25) is 0 Å². The van der Waals surface area contributed by atoms with Crippen molar-refractivity contribution in [3.8, 4) is 6.07 Å². The Morgan fingerprint density at radius 3 is 2.64 bits per heavy atom. The Kier molecular flexibility index (Phi) is 7.12. The zero-order valence-electron chi connectivity index (χ0n) is 17.8. The molecule has 1 aromatic carbocycles. The maximum Gasteiger partial charge on any atom is 0.407 e. The Hall–Kier alpha value is -4.14. The van der Waals surface area contributed by atoms with E-state index in [1.165, 1.54) is 35.1 Å². The zero-order chi connectivity index (χ0) is 24.1. The number of rotatable bonds is 7. The summed E-state index contributed by atoms with van der Waals surface area (Å²) in [6.07, 6.45) is -0.0285. The van der Waals surface area contributed by atoms with Crippen molar-refractivity contribution in [1.29, 1.82) is 5.26 Å². The van der Waals surface area contributed by atoms with Crippen LogP contribution in [0.25, 0.3) is 0 Å². The van der Waals surface area contributed by atoms with Gasteiger partial charge in [0.05, 0.1) is 37.1 Å². The summed E-state index contributed by atoms with van der Waals surface area (Å²) in [7, 11) is 0. The third-order valence-electron chi connectivity index (χ3n) is 5.39. The maximum absolute atomic E-state index is 13.2. The molecule has 3 rings (SSSR count). The molecule has 33 heavy (non-hydrogen) atoms. The number of nitrogens with one attached hydrogen (secondary N) is 1. The SMILES string of the molecule is CCOC(=O)CC1C(n2cc(C(N)=O)c(Nc3ccc(F)cc3)n2)C(C#N)CCN1C(=O)O. The molecular weight excluding hydrogens is 435 g/mol. The summed E-state index contributed by atoms with van der Waals surface area (Å²) in [6.45, 7) is 1.80. The van der Waals surface area contributed by atoms with Crippen LogP contribution in [0.3, 0.4) is 0 Å². The predicted octanol–water partition coefficient (Wildman–Crippen LogP) is 2.25. The number of hydrogen-bond acceptors (Lipinski definition) is 7. The van der Waals surface area contributed by atoms with Gasteiger partial charge in [-0.15, -0.1) is 0 Å². The Balaban J connectivity index is 2.03. The lowest BCUT2D eigenvalue weighted by Crippen LogP contribution is -2.52. The number of carbonyl (C=O) groups excluding carboxylic acids is 2. The molecule has 0 saturated carbocycles. The van der Waals surface area contributed by atoms with Crippen molar-refractivity contribution < 1.29 is 28.6 Å². The van der Waals surface area contributed by atoms with Crippen molar-refractivity contribution in [3.05, 3.63) is 41.8 Å². The second-order valence-electron chi connectivity index (χ2n) is 7.43. The van der Waals surface area contributed by atoms with E-state index in [1.807, 2.05) is 0 Å². The first-order chi connectivity index (χ1) is 15.7. The maximum atomic E-state index is 13.2. The summed E-state index contributed by atoms with van der Waals surface area (Å²) >= 11 is 0. The minimum Gasteiger partial charge on any atom is -0.466 e. The lowest BCUT2D eigenvalue weighted by Gasteiger charge is -2.41. The third-order valence-corrected chi connectivity index (χ3v) is 5.39. The average Bonchev–Trinajstić information content (AvgIpc) is 3.18. The molecule has 1 aliphatic rings. The Morgan fingerprint density at radius 1 is 1.36 bits per heavy atom. The van der Waals surface area contributed by atoms with E-state index in [0.717, 1.165) is 4.90 Å². The normalized spacial score (nSPS) is 20.0. The number of anilines is 2. The minimum atomic E-state index is -1.25. The Morgan fingerprint density at radius 2 is 2.06 bits per heavy atom. The van der Waals surface area contributed by atoms with E-state index >= 15 is 0 Å². The molecule has 11 nitrogen and oxygen atoms in total. The molecule has 0 aliphatic carbocycles. The highest BCUT2D eigenvalue weighted by Crippen LogP contribution is 2.36. The standard InChI is InChI=1S/C21H23FN6O5/c1-2-33-17(29)9-16-18(12(10-23)7-8-27(16)21(31)32)28-11-15(19(24)30)20(26-28)25-14-5-3-13(22)4-6-14/h3-6,11-12,16,18H,2,7-9H2,1H3,(H2,24,30)(H,25,26)(H,31,32). The second kappa shape index (κ2) is 9.99. The zero-order valence-corrected chi connectivity index (χ0v) is 17.8. The topological polar surface area (TPSA) is 164 Å². The van der Waals surface area contributed by atoms with Gasteiger partial charge < -0.3 is 25.8 Å². The van der Waals surface area contributed by atoms with Gasteiger partial charge in [0, 0.05) is 18.4 Å². The number of ether oxygens (including phenoxy) is 1. The molecule has 0 bridgehead atoms. The number of nitriles is 1. The number of carboxylic acid groups (broad SMARTS) is 1. The summed E-state index contributed by atoms with van der Waals surface area (Å²) in [4.78, 5) is 37.2. The number of piperidine rings is 1. The van der Waals surface area contributed by atoms with Crippen molar-refractivity contribution in [2.45, 2.75) is 31.8 Å². The van der Waals surface area contributed by atoms with Gasteiger partial charge in [-0.3, -0.25) is 14.3 Å². The number of esters is 1. The van der Waals surface area contributed by atoms with Crippen molar-refractivity contribution in [3.63, 3.8) is 0 Å². The van der Waals surface area contributed by atoms with Gasteiger partial charge >= 0.3 is 12.1 Å². The number of benzene rings is 1. The van der Waals surface area contributed by atoms with Crippen LogP contribution in [0.15, 0.2) is 30.5 Å². The van der Waals surface area contributed by atoms with Crippen LogP contribution in [0, 0.1) is 23.1 Å². The molecule has 0 radical (unpaired) electrons. The van der Waals surface area contributed by atoms with E-state index in [0.29, 0.717) is 5.69 Å². The summed E-state index contributed by atoms with van der Waals surface area (Å²) < 4.78 is 19.5. The van der Waals surface area contributed by atoms with Crippen LogP contribution >= 0.6 is 0 Å². The fourth-order valence-electron chi connectivity index (χ4n) is 3.91. The first kappa shape index (κ1) is 23.5. The molecule has 3 unspecified atom stereocenters. The Bertz CT molecular complexity index is 1080. The van der Waals surface area contributed by atoms with E-state index in [9.17, 15) is 29.1 Å². The van der Waals surface area contributed by atoms with Gasteiger partial charge in [0.15, 0.2) is 5.82 Å². The fourth-order valence-corrected chi connectivity index (χ4v) is 3.91. The molecule has 2 aromatic rings. The smallest absolute Gasteiger partial charge is 0.407 e. The van der Waals surface area contributed by atoms with Crippen molar-refractivity contribution in [2.24, 2.45) is 11.7 Å². The van der Waals surface area contributed by atoms with Crippen LogP contribution in [0.4, 0.5) is 20.7 Å². The predicted molar refractivity (Wildman–Crippen MR) is 113 cm³/mol. The first-order valence-electron chi connectivity index (χ1n) is 10.2. The number of halogens is 1. The lowest BCUT2D eigenvalue weighted by molar-refractivity contribution is -0.145. The van der Waals surface area contributed by atoms with E-state index in [-0.39, 0.29) is 37.4 Å². The molecule has 2 heterocycles. The Labute approximate surface area is 188 Å². The highest BCUT2D eigenvalue weighted by Gasteiger charge is 2.44. The van der Waals surface area contributed by atoms with Gasteiger partial charge in [0.1, 0.15) is 11.4 Å². The number of nitrogens with two attached hydrogens (primary N) is 1. The van der Waals surface area contributed by atoms with Crippen molar-refractivity contribution >= 4 is 29.5 Å². The molecule has 3 atom stereocenters. The lowest BCUT2D eigenvalue weighted by atomic mass is 9.85. The van der Waals surface area contributed by atoms with E-state index in [4.69, 9.17) is 10.5 Å². The van der Waals surface area contributed by atoms with Gasteiger partial charge in [-0.25, -0.2) is 9.18 Å².